The standard InChI is InChI=1S/C13H18N2O2/c1-2-10-5-7-11(8-6-10)14-13(16)15-12-4-3-9-17-12/h5-8,12H,2-4,9H2,1H3,(H2,14,15,16). The molecule has 1 unspecified atom stereocenters. The van der Waals surface area contributed by atoms with Crippen molar-refractivity contribution in [3.05, 3.63) is 29.8 Å². The van der Waals surface area contributed by atoms with Crippen LogP contribution in [0.25, 0.3) is 0 Å². The number of benzene rings is 1. The van der Waals surface area contributed by atoms with Gasteiger partial charge in [0.25, 0.3) is 0 Å². The van der Waals surface area contributed by atoms with Crippen molar-refractivity contribution in [2.75, 3.05) is 11.9 Å². The fourth-order valence-electron chi connectivity index (χ4n) is 1.83. The van der Waals surface area contributed by atoms with E-state index in [1.165, 1.54) is 5.56 Å². The predicted molar refractivity (Wildman–Crippen MR) is 66.9 cm³/mol. The van der Waals surface area contributed by atoms with E-state index in [4.69, 9.17) is 4.74 Å². The number of carbonyl (C=O) groups excluding carboxylic acids is 1. The van der Waals surface area contributed by atoms with Crippen molar-refractivity contribution >= 4 is 11.7 Å². The Morgan fingerprint density at radius 2 is 2.18 bits per heavy atom. The molecule has 4 heteroatoms. The summed E-state index contributed by atoms with van der Waals surface area (Å²) in [6.07, 6.45) is 2.77. The highest BCUT2D eigenvalue weighted by molar-refractivity contribution is 5.89. The van der Waals surface area contributed by atoms with Gasteiger partial charge in [0.05, 0.1) is 0 Å². The number of carbonyl (C=O) groups is 1. The lowest BCUT2D eigenvalue weighted by atomic mass is 10.1. The average molecular weight is 234 g/mol. The smallest absolute Gasteiger partial charge is 0.321 e. The van der Waals surface area contributed by atoms with Gasteiger partial charge in [-0.05, 0) is 37.0 Å². The Hall–Kier alpha value is -1.55. The van der Waals surface area contributed by atoms with Crippen LogP contribution in [-0.4, -0.2) is 18.9 Å². The van der Waals surface area contributed by atoms with Crippen LogP contribution in [0.15, 0.2) is 24.3 Å². The van der Waals surface area contributed by atoms with E-state index < -0.39 is 0 Å². The third-order valence-electron chi connectivity index (χ3n) is 2.84. The van der Waals surface area contributed by atoms with Gasteiger partial charge in [0.2, 0.25) is 0 Å². The van der Waals surface area contributed by atoms with E-state index in [1.54, 1.807) is 0 Å². The molecule has 1 saturated heterocycles. The molecule has 2 amide bonds. The number of urea groups is 1. The van der Waals surface area contributed by atoms with Crippen LogP contribution in [-0.2, 0) is 11.2 Å². The SMILES string of the molecule is CCc1ccc(NC(=O)NC2CCCO2)cc1. The predicted octanol–water partition coefficient (Wildman–Crippen LogP) is 2.51. The van der Waals surface area contributed by atoms with Gasteiger partial charge in [0, 0.05) is 12.3 Å². The first kappa shape index (κ1) is 11.9. The van der Waals surface area contributed by atoms with Crippen LogP contribution < -0.4 is 10.6 Å². The van der Waals surface area contributed by atoms with Crippen molar-refractivity contribution in [2.45, 2.75) is 32.4 Å². The van der Waals surface area contributed by atoms with Crippen molar-refractivity contribution in [1.29, 1.82) is 0 Å². The van der Waals surface area contributed by atoms with Crippen LogP contribution in [0.5, 0.6) is 0 Å². The highest BCUT2D eigenvalue weighted by atomic mass is 16.5. The monoisotopic (exact) mass is 234 g/mol. The van der Waals surface area contributed by atoms with Gasteiger partial charge in [-0.3, -0.25) is 0 Å². The van der Waals surface area contributed by atoms with E-state index in [1.807, 2.05) is 24.3 Å². The molecule has 92 valence electrons. The van der Waals surface area contributed by atoms with Gasteiger partial charge in [-0.15, -0.1) is 0 Å². The number of anilines is 1. The molecule has 2 rings (SSSR count). The van der Waals surface area contributed by atoms with Crippen molar-refractivity contribution in [3.8, 4) is 0 Å². The highest BCUT2D eigenvalue weighted by Crippen LogP contribution is 2.11. The minimum Gasteiger partial charge on any atom is -0.358 e. The molecule has 1 aromatic carbocycles. The summed E-state index contributed by atoms with van der Waals surface area (Å²) in [5, 5.41) is 5.57. The van der Waals surface area contributed by atoms with Gasteiger partial charge in [-0.1, -0.05) is 19.1 Å². The van der Waals surface area contributed by atoms with Gasteiger partial charge in [-0.2, -0.15) is 0 Å². The Kier molecular flexibility index (Phi) is 3.98. The van der Waals surface area contributed by atoms with Gasteiger partial charge < -0.3 is 15.4 Å². The zero-order valence-electron chi connectivity index (χ0n) is 10.0. The molecule has 0 radical (unpaired) electrons. The van der Waals surface area contributed by atoms with Crippen molar-refractivity contribution in [3.63, 3.8) is 0 Å². The molecule has 2 N–H and O–H groups in total. The lowest BCUT2D eigenvalue weighted by Crippen LogP contribution is -2.37. The Balaban J connectivity index is 1.84. The molecule has 1 aliphatic rings. The molecule has 1 heterocycles. The normalized spacial score (nSPS) is 19.0. The first-order chi connectivity index (χ1) is 8.28. The summed E-state index contributed by atoms with van der Waals surface area (Å²) in [7, 11) is 0. The Morgan fingerprint density at radius 1 is 1.41 bits per heavy atom. The van der Waals surface area contributed by atoms with E-state index in [-0.39, 0.29) is 12.3 Å². The number of nitrogens with one attached hydrogen (secondary N) is 2. The third kappa shape index (κ3) is 3.46. The maximum atomic E-state index is 11.6. The van der Waals surface area contributed by atoms with Crippen LogP contribution in [0.2, 0.25) is 0 Å². The van der Waals surface area contributed by atoms with Crippen LogP contribution >= 0.6 is 0 Å². The molecule has 4 nitrogen and oxygen atoms in total. The molecule has 1 fully saturated rings. The molecular formula is C13H18N2O2. The van der Waals surface area contributed by atoms with Crippen molar-refractivity contribution in [1.82, 2.24) is 5.32 Å². The third-order valence-corrected chi connectivity index (χ3v) is 2.84. The molecule has 17 heavy (non-hydrogen) atoms. The fourth-order valence-corrected chi connectivity index (χ4v) is 1.83. The molecule has 1 aromatic rings. The van der Waals surface area contributed by atoms with Gasteiger partial charge >= 0.3 is 6.03 Å². The molecule has 0 spiro atoms. The van der Waals surface area contributed by atoms with Crippen LogP contribution in [0.3, 0.4) is 0 Å². The summed E-state index contributed by atoms with van der Waals surface area (Å²) in [5.74, 6) is 0. The largest absolute Gasteiger partial charge is 0.358 e. The minimum absolute atomic E-state index is 0.134. The summed E-state index contributed by atoms with van der Waals surface area (Å²) >= 11 is 0. The van der Waals surface area contributed by atoms with E-state index in [2.05, 4.69) is 17.6 Å². The molecule has 0 saturated carbocycles. The second kappa shape index (κ2) is 5.68. The zero-order chi connectivity index (χ0) is 12.1. The van der Waals surface area contributed by atoms with E-state index in [0.29, 0.717) is 0 Å². The quantitative estimate of drug-likeness (QED) is 0.844. The van der Waals surface area contributed by atoms with E-state index in [9.17, 15) is 4.79 Å². The highest BCUT2D eigenvalue weighted by Gasteiger charge is 2.17. The zero-order valence-corrected chi connectivity index (χ0v) is 10.0. The topological polar surface area (TPSA) is 50.4 Å². The molecule has 1 atom stereocenters. The Morgan fingerprint density at radius 3 is 2.76 bits per heavy atom. The van der Waals surface area contributed by atoms with Gasteiger partial charge in [-0.25, -0.2) is 4.79 Å². The number of hydrogen-bond donors (Lipinski definition) is 2. The summed E-state index contributed by atoms with van der Waals surface area (Å²) in [4.78, 5) is 11.6. The number of hydrogen-bond acceptors (Lipinski definition) is 2. The Labute approximate surface area is 101 Å². The molecule has 0 bridgehead atoms. The minimum atomic E-state index is -0.207. The molecule has 1 aliphatic heterocycles. The van der Waals surface area contributed by atoms with Crippen LogP contribution in [0.4, 0.5) is 10.5 Å². The van der Waals surface area contributed by atoms with Crippen LogP contribution in [0, 0.1) is 0 Å². The molecule has 0 aliphatic carbocycles. The van der Waals surface area contributed by atoms with Gasteiger partial charge in [0.1, 0.15) is 6.23 Å². The number of rotatable bonds is 3. The lowest BCUT2D eigenvalue weighted by Gasteiger charge is -2.12. The number of ether oxygens (including phenoxy) is 1. The van der Waals surface area contributed by atoms with Crippen molar-refractivity contribution < 1.29 is 9.53 Å². The van der Waals surface area contributed by atoms with Crippen LogP contribution in [0.1, 0.15) is 25.3 Å². The maximum absolute atomic E-state index is 11.6. The first-order valence-electron chi connectivity index (χ1n) is 6.06. The van der Waals surface area contributed by atoms with Crippen molar-refractivity contribution in [2.24, 2.45) is 0 Å². The van der Waals surface area contributed by atoms with E-state index >= 15 is 0 Å². The lowest BCUT2D eigenvalue weighted by molar-refractivity contribution is 0.0928. The molecular weight excluding hydrogens is 216 g/mol. The summed E-state index contributed by atoms with van der Waals surface area (Å²) in [6, 6.07) is 7.65. The second-order valence-corrected chi connectivity index (χ2v) is 4.15. The van der Waals surface area contributed by atoms with E-state index in [0.717, 1.165) is 31.6 Å². The Bertz CT molecular complexity index is 370. The summed E-state index contributed by atoms with van der Waals surface area (Å²) < 4.78 is 5.33. The average Bonchev–Trinajstić information content (AvgIpc) is 2.82. The summed E-state index contributed by atoms with van der Waals surface area (Å²) in [6.45, 7) is 2.84. The first-order valence-corrected chi connectivity index (χ1v) is 6.06. The number of aryl methyl sites for hydroxylation is 1. The summed E-state index contributed by atoms with van der Waals surface area (Å²) in [5.41, 5.74) is 2.06. The fraction of sp³-hybridized carbons (Fsp3) is 0.462. The number of amides is 2. The molecule has 0 aromatic heterocycles. The maximum Gasteiger partial charge on any atom is 0.321 e. The van der Waals surface area contributed by atoms with Gasteiger partial charge in [0.15, 0.2) is 0 Å². The second-order valence-electron chi connectivity index (χ2n) is 4.15.